The topological polar surface area (TPSA) is 29.1 Å². The third kappa shape index (κ3) is 3.15. The summed E-state index contributed by atoms with van der Waals surface area (Å²) in [6, 6.07) is 5.54. The predicted octanol–water partition coefficient (Wildman–Crippen LogP) is 3.02. The summed E-state index contributed by atoms with van der Waals surface area (Å²) in [5, 5.41) is 3.29. The molecule has 0 aliphatic carbocycles. The van der Waals surface area contributed by atoms with Crippen molar-refractivity contribution in [1.82, 2.24) is 0 Å². The van der Waals surface area contributed by atoms with Crippen molar-refractivity contribution >= 4 is 45.8 Å². The van der Waals surface area contributed by atoms with Crippen LogP contribution in [0.25, 0.3) is 0 Å². The van der Waals surface area contributed by atoms with Crippen molar-refractivity contribution in [3.63, 3.8) is 0 Å². The fourth-order valence-corrected chi connectivity index (χ4v) is 1.38. The molecule has 1 amide bonds. The van der Waals surface area contributed by atoms with Crippen molar-refractivity contribution in [2.75, 3.05) is 9.74 Å². The van der Waals surface area contributed by atoms with Crippen LogP contribution in [0, 0.1) is 6.92 Å². The third-order valence-corrected chi connectivity index (χ3v) is 2.53. The van der Waals surface area contributed by atoms with Gasteiger partial charge in [-0.05, 0) is 24.6 Å². The number of carbonyl (C=O) groups is 1. The van der Waals surface area contributed by atoms with Crippen molar-refractivity contribution < 1.29 is 4.79 Å². The average molecular weight is 310 g/mol. The van der Waals surface area contributed by atoms with Crippen LogP contribution in [-0.4, -0.2) is 10.3 Å². The number of halogens is 2. The summed E-state index contributed by atoms with van der Waals surface area (Å²) < 4.78 is 0.433. The molecule has 0 radical (unpaired) electrons. The Hall–Kier alpha value is -0.290. The Morgan fingerprint density at radius 1 is 1.62 bits per heavy atom. The third-order valence-electron chi connectivity index (χ3n) is 1.52. The van der Waals surface area contributed by atoms with E-state index in [1.165, 1.54) is 0 Å². The predicted molar refractivity (Wildman–Crippen MR) is 63.7 cm³/mol. The van der Waals surface area contributed by atoms with E-state index >= 15 is 0 Å². The van der Waals surface area contributed by atoms with E-state index in [2.05, 4.69) is 5.32 Å². The Morgan fingerprint density at radius 2 is 2.31 bits per heavy atom. The molecule has 0 unspecified atom stereocenters. The van der Waals surface area contributed by atoms with Crippen LogP contribution in [0.1, 0.15) is 5.56 Å². The number of hydrogen-bond donors (Lipinski definition) is 1. The summed E-state index contributed by atoms with van der Waals surface area (Å²) in [6.07, 6.45) is 0. The molecule has 70 valence electrons. The lowest BCUT2D eigenvalue weighted by atomic mass is 10.2. The minimum atomic E-state index is -0.0358. The van der Waals surface area contributed by atoms with Gasteiger partial charge in [0.1, 0.15) is 0 Å². The first-order valence-electron chi connectivity index (χ1n) is 3.75. The Kier molecular flexibility index (Phi) is 3.99. The first kappa shape index (κ1) is 10.8. The monoisotopic (exact) mass is 309 g/mol. The Bertz CT molecular complexity index is 327. The van der Waals surface area contributed by atoms with Gasteiger partial charge in [-0.3, -0.25) is 4.79 Å². The van der Waals surface area contributed by atoms with Crippen LogP contribution in [-0.2, 0) is 4.79 Å². The zero-order chi connectivity index (χ0) is 9.84. The van der Waals surface area contributed by atoms with E-state index in [1.54, 1.807) is 0 Å². The molecule has 2 nitrogen and oxygen atoms in total. The second kappa shape index (κ2) is 4.81. The Labute approximate surface area is 95.8 Å². The molecule has 0 aliphatic rings. The standard InChI is InChI=1S/C9H9ClINO/c1-6-2-3-8(7(10)4-6)12-9(13)5-11/h2-4H,5H2,1H3,(H,12,13). The van der Waals surface area contributed by atoms with E-state index in [1.807, 2.05) is 47.7 Å². The Balaban J connectivity index is 2.83. The van der Waals surface area contributed by atoms with Crippen molar-refractivity contribution in [1.29, 1.82) is 0 Å². The first-order chi connectivity index (χ1) is 6.13. The lowest BCUT2D eigenvalue weighted by Crippen LogP contribution is -2.12. The van der Waals surface area contributed by atoms with Gasteiger partial charge in [-0.1, -0.05) is 40.3 Å². The van der Waals surface area contributed by atoms with E-state index in [-0.39, 0.29) is 5.91 Å². The van der Waals surface area contributed by atoms with E-state index in [9.17, 15) is 4.79 Å². The van der Waals surface area contributed by atoms with E-state index in [0.717, 1.165) is 5.56 Å². The number of carbonyl (C=O) groups excluding carboxylic acids is 1. The zero-order valence-electron chi connectivity index (χ0n) is 7.10. The van der Waals surface area contributed by atoms with Gasteiger partial charge in [0.2, 0.25) is 5.91 Å². The molecule has 0 bridgehead atoms. The van der Waals surface area contributed by atoms with Gasteiger partial charge in [0.25, 0.3) is 0 Å². The molecule has 0 saturated heterocycles. The number of hydrogen-bond acceptors (Lipinski definition) is 1. The highest BCUT2D eigenvalue weighted by molar-refractivity contribution is 14.1. The van der Waals surface area contributed by atoms with Gasteiger partial charge in [-0.15, -0.1) is 0 Å². The quantitative estimate of drug-likeness (QED) is 0.660. The smallest absolute Gasteiger partial charge is 0.234 e. The summed E-state index contributed by atoms with van der Waals surface area (Å²) in [5.74, 6) is -0.0358. The maximum Gasteiger partial charge on any atom is 0.234 e. The van der Waals surface area contributed by atoms with Crippen LogP contribution in [0.2, 0.25) is 5.02 Å². The highest BCUT2D eigenvalue weighted by atomic mass is 127. The fraction of sp³-hybridized carbons (Fsp3) is 0.222. The number of rotatable bonds is 2. The SMILES string of the molecule is Cc1ccc(NC(=O)CI)c(Cl)c1. The summed E-state index contributed by atoms with van der Waals surface area (Å²) in [4.78, 5) is 11.0. The van der Waals surface area contributed by atoms with Gasteiger partial charge in [0.15, 0.2) is 0 Å². The molecule has 4 heteroatoms. The number of aryl methyl sites for hydroxylation is 1. The highest BCUT2D eigenvalue weighted by Gasteiger charge is 2.03. The van der Waals surface area contributed by atoms with Crippen LogP contribution in [0.3, 0.4) is 0 Å². The molecule has 1 rings (SSSR count). The molecule has 13 heavy (non-hydrogen) atoms. The number of amides is 1. The van der Waals surface area contributed by atoms with Crippen LogP contribution in [0.5, 0.6) is 0 Å². The number of nitrogens with one attached hydrogen (secondary N) is 1. The summed E-state index contributed by atoms with van der Waals surface area (Å²) in [7, 11) is 0. The first-order valence-corrected chi connectivity index (χ1v) is 5.66. The van der Waals surface area contributed by atoms with Crippen molar-refractivity contribution in [3.8, 4) is 0 Å². The van der Waals surface area contributed by atoms with Crippen LogP contribution >= 0.6 is 34.2 Å². The van der Waals surface area contributed by atoms with Crippen LogP contribution in [0.4, 0.5) is 5.69 Å². The normalized spacial score (nSPS) is 9.77. The van der Waals surface area contributed by atoms with Crippen LogP contribution in [0.15, 0.2) is 18.2 Å². The Morgan fingerprint density at radius 3 is 2.85 bits per heavy atom. The molecule has 0 saturated carbocycles. The molecule has 1 aromatic carbocycles. The second-order valence-corrected chi connectivity index (χ2v) is 3.84. The van der Waals surface area contributed by atoms with E-state index in [0.29, 0.717) is 15.1 Å². The molecule has 0 heterocycles. The maximum absolute atomic E-state index is 11.0. The molecule has 1 N–H and O–H groups in total. The molecular weight excluding hydrogens is 300 g/mol. The number of benzene rings is 1. The lowest BCUT2D eigenvalue weighted by Gasteiger charge is -2.05. The summed E-state index contributed by atoms with van der Waals surface area (Å²) in [6.45, 7) is 1.95. The molecular formula is C9H9ClINO. The van der Waals surface area contributed by atoms with Gasteiger partial charge < -0.3 is 5.32 Å². The average Bonchev–Trinajstić information content (AvgIpc) is 2.09. The maximum atomic E-state index is 11.0. The van der Waals surface area contributed by atoms with Gasteiger partial charge in [-0.2, -0.15) is 0 Å². The number of alkyl halides is 1. The summed E-state index contributed by atoms with van der Waals surface area (Å²) in [5.41, 5.74) is 1.76. The van der Waals surface area contributed by atoms with E-state index in [4.69, 9.17) is 11.6 Å². The minimum absolute atomic E-state index is 0.0358. The van der Waals surface area contributed by atoms with Gasteiger partial charge >= 0.3 is 0 Å². The molecule has 0 aliphatic heterocycles. The lowest BCUT2D eigenvalue weighted by molar-refractivity contribution is -0.113. The molecule has 0 fully saturated rings. The molecule has 0 atom stereocenters. The molecule has 0 aromatic heterocycles. The zero-order valence-corrected chi connectivity index (χ0v) is 10.0. The molecule has 1 aromatic rings. The fourth-order valence-electron chi connectivity index (χ4n) is 0.905. The van der Waals surface area contributed by atoms with Gasteiger partial charge in [-0.25, -0.2) is 0 Å². The van der Waals surface area contributed by atoms with Crippen molar-refractivity contribution in [3.05, 3.63) is 28.8 Å². The van der Waals surface area contributed by atoms with Crippen LogP contribution < -0.4 is 5.32 Å². The minimum Gasteiger partial charge on any atom is -0.324 e. The second-order valence-electron chi connectivity index (χ2n) is 2.67. The van der Waals surface area contributed by atoms with Crippen molar-refractivity contribution in [2.24, 2.45) is 0 Å². The van der Waals surface area contributed by atoms with Gasteiger partial charge in [0.05, 0.1) is 15.1 Å². The highest BCUT2D eigenvalue weighted by Crippen LogP contribution is 2.22. The molecule has 0 spiro atoms. The van der Waals surface area contributed by atoms with E-state index < -0.39 is 0 Å². The van der Waals surface area contributed by atoms with Crippen molar-refractivity contribution in [2.45, 2.75) is 6.92 Å². The largest absolute Gasteiger partial charge is 0.324 e. The number of anilines is 1. The van der Waals surface area contributed by atoms with Gasteiger partial charge in [0, 0.05) is 0 Å². The summed E-state index contributed by atoms with van der Waals surface area (Å²) >= 11 is 7.92.